The second kappa shape index (κ2) is 9.27. The van der Waals surface area contributed by atoms with Crippen molar-refractivity contribution < 1.29 is 14.5 Å². The van der Waals surface area contributed by atoms with E-state index >= 15 is 0 Å². The van der Waals surface area contributed by atoms with Crippen LogP contribution >= 0.6 is 0 Å². The molecule has 0 aliphatic carbocycles. The molecule has 3 aromatic rings. The number of rotatable bonds is 5. The summed E-state index contributed by atoms with van der Waals surface area (Å²) in [5.74, 6) is -0.290. The molecule has 3 aromatic carbocycles. The van der Waals surface area contributed by atoms with Crippen LogP contribution in [0.15, 0.2) is 60.7 Å². The number of nitro benzene ring substituents is 1. The van der Waals surface area contributed by atoms with Crippen molar-refractivity contribution in [2.45, 2.75) is 26.4 Å². The Balaban J connectivity index is 1.61. The lowest BCUT2D eigenvalue weighted by Crippen LogP contribution is -2.34. The van der Waals surface area contributed by atoms with E-state index in [0.717, 1.165) is 34.4 Å². The van der Waals surface area contributed by atoms with Gasteiger partial charge in [0, 0.05) is 55.6 Å². The second-order valence-electron chi connectivity index (χ2n) is 8.89. The van der Waals surface area contributed by atoms with Crippen molar-refractivity contribution in [3.05, 3.63) is 98.6 Å². The van der Waals surface area contributed by atoms with Gasteiger partial charge in [-0.2, -0.15) is 0 Å². The molecule has 0 atom stereocenters. The first-order chi connectivity index (χ1) is 17.3. The largest absolute Gasteiger partial charge is 0.354 e. The average Bonchev–Trinajstić information content (AvgIpc) is 3.21. The van der Waals surface area contributed by atoms with Gasteiger partial charge in [0.15, 0.2) is 0 Å². The standard InChI is InChI=1S/C27H25N5O4/c1-16(33)31-11-10-19-12-21(7-6-20(19)15-31)29-26(18-4-2-17(14-28)3-5-18)25-23-13-22(32(35)36)8-9-24(23)30-27(25)34/h2-9,12-13,29H,10-11,14-15,28H2,1H3,(H,30,34)/b26-25-. The maximum atomic E-state index is 13.1. The van der Waals surface area contributed by atoms with Gasteiger partial charge in [-0.25, -0.2) is 0 Å². The molecule has 9 heteroatoms. The number of non-ortho nitro benzene ring substituents is 1. The number of carbonyl (C=O) groups is 2. The third-order valence-electron chi connectivity index (χ3n) is 6.62. The van der Waals surface area contributed by atoms with E-state index in [4.69, 9.17) is 5.73 Å². The summed E-state index contributed by atoms with van der Waals surface area (Å²) in [4.78, 5) is 37.7. The van der Waals surface area contributed by atoms with Crippen molar-refractivity contribution in [1.29, 1.82) is 0 Å². The zero-order chi connectivity index (χ0) is 25.4. The molecule has 0 fully saturated rings. The van der Waals surface area contributed by atoms with Gasteiger partial charge >= 0.3 is 0 Å². The predicted molar refractivity (Wildman–Crippen MR) is 138 cm³/mol. The molecule has 182 valence electrons. The number of nitrogens with two attached hydrogens (primary N) is 1. The number of hydrogen-bond donors (Lipinski definition) is 3. The van der Waals surface area contributed by atoms with Crippen molar-refractivity contribution in [2.75, 3.05) is 17.2 Å². The van der Waals surface area contributed by atoms with E-state index in [1.54, 1.807) is 13.0 Å². The summed E-state index contributed by atoms with van der Waals surface area (Å²) in [6.07, 6.45) is 0.733. The molecule has 0 spiro atoms. The van der Waals surface area contributed by atoms with Crippen molar-refractivity contribution >= 4 is 40.1 Å². The second-order valence-corrected chi connectivity index (χ2v) is 8.89. The van der Waals surface area contributed by atoms with Crippen molar-refractivity contribution in [1.82, 2.24) is 4.90 Å². The minimum absolute atomic E-state index is 0.0517. The molecule has 2 heterocycles. The quantitative estimate of drug-likeness (QED) is 0.287. The molecule has 0 radical (unpaired) electrons. The smallest absolute Gasteiger partial charge is 0.270 e. The summed E-state index contributed by atoms with van der Waals surface area (Å²) < 4.78 is 0. The molecule has 9 nitrogen and oxygen atoms in total. The van der Waals surface area contributed by atoms with Crippen LogP contribution in [0.4, 0.5) is 17.1 Å². The zero-order valence-electron chi connectivity index (χ0n) is 19.7. The molecule has 4 N–H and O–H groups in total. The highest BCUT2D eigenvalue weighted by atomic mass is 16.6. The van der Waals surface area contributed by atoms with Gasteiger partial charge in [-0.3, -0.25) is 19.7 Å². The SMILES string of the molecule is CC(=O)N1CCc2cc(N/C(=C3\C(=O)Nc4ccc([N+](=O)[O-])cc43)c3ccc(CN)cc3)ccc2C1. The molecule has 2 aliphatic heterocycles. The van der Waals surface area contributed by atoms with Gasteiger partial charge in [0.1, 0.15) is 0 Å². The van der Waals surface area contributed by atoms with Crippen LogP contribution in [0.2, 0.25) is 0 Å². The maximum Gasteiger partial charge on any atom is 0.270 e. The van der Waals surface area contributed by atoms with E-state index in [2.05, 4.69) is 10.6 Å². The number of nitrogens with one attached hydrogen (secondary N) is 2. The molecule has 2 amide bonds. The summed E-state index contributed by atoms with van der Waals surface area (Å²) in [6.45, 7) is 3.18. The highest BCUT2D eigenvalue weighted by molar-refractivity contribution is 6.37. The van der Waals surface area contributed by atoms with Crippen LogP contribution in [-0.4, -0.2) is 28.2 Å². The van der Waals surface area contributed by atoms with E-state index < -0.39 is 4.92 Å². The maximum absolute atomic E-state index is 13.1. The number of hydrogen-bond acceptors (Lipinski definition) is 6. The fourth-order valence-corrected chi connectivity index (χ4v) is 4.65. The summed E-state index contributed by atoms with van der Waals surface area (Å²) in [5.41, 5.74) is 12.2. The van der Waals surface area contributed by atoms with E-state index in [0.29, 0.717) is 42.2 Å². The fraction of sp³-hybridized carbons (Fsp3) is 0.185. The Labute approximate surface area is 207 Å². The van der Waals surface area contributed by atoms with Crippen molar-refractivity contribution in [3.63, 3.8) is 0 Å². The molecule has 5 rings (SSSR count). The summed E-state index contributed by atoms with van der Waals surface area (Å²) in [7, 11) is 0. The van der Waals surface area contributed by atoms with Crippen LogP contribution in [0, 0.1) is 10.1 Å². The fourth-order valence-electron chi connectivity index (χ4n) is 4.65. The summed E-state index contributed by atoms with van der Waals surface area (Å²) in [5, 5.41) is 17.7. The first kappa shape index (κ1) is 23.3. The Morgan fingerprint density at radius 3 is 2.58 bits per heavy atom. The number of nitro groups is 1. The summed E-state index contributed by atoms with van der Waals surface area (Å²) in [6, 6.07) is 17.8. The van der Waals surface area contributed by atoms with Crippen molar-refractivity contribution in [3.8, 4) is 0 Å². The number of benzene rings is 3. The minimum Gasteiger partial charge on any atom is -0.354 e. The number of anilines is 2. The highest BCUT2D eigenvalue weighted by Crippen LogP contribution is 2.39. The number of carbonyl (C=O) groups excluding carboxylic acids is 2. The number of nitrogens with zero attached hydrogens (tertiary/aromatic N) is 2. The molecule has 0 saturated carbocycles. The molecule has 36 heavy (non-hydrogen) atoms. The van der Waals surface area contributed by atoms with Crippen LogP contribution in [-0.2, 0) is 29.1 Å². The van der Waals surface area contributed by atoms with Crippen LogP contribution in [0.3, 0.4) is 0 Å². The van der Waals surface area contributed by atoms with E-state index in [1.165, 1.54) is 12.1 Å². The first-order valence-electron chi connectivity index (χ1n) is 11.6. The van der Waals surface area contributed by atoms with Crippen LogP contribution < -0.4 is 16.4 Å². The van der Waals surface area contributed by atoms with E-state index in [9.17, 15) is 19.7 Å². The number of amides is 2. The van der Waals surface area contributed by atoms with Gasteiger partial charge in [0.25, 0.3) is 11.6 Å². The lowest BCUT2D eigenvalue weighted by Gasteiger charge is -2.28. The molecule has 0 aromatic heterocycles. The van der Waals surface area contributed by atoms with Crippen LogP contribution in [0.25, 0.3) is 11.3 Å². The first-order valence-corrected chi connectivity index (χ1v) is 11.6. The van der Waals surface area contributed by atoms with E-state index in [1.807, 2.05) is 47.4 Å². The Hall–Kier alpha value is -4.50. The molecule has 0 unspecified atom stereocenters. The normalized spacial score (nSPS) is 15.6. The highest BCUT2D eigenvalue weighted by Gasteiger charge is 2.30. The third kappa shape index (κ3) is 4.32. The van der Waals surface area contributed by atoms with Crippen molar-refractivity contribution in [2.24, 2.45) is 5.73 Å². The van der Waals surface area contributed by atoms with E-state index in [-0.39, 0.29) is 17.5 Å². The van der Waals surface area contributed by atoms with Gasteiger partial charge in [0.2, 0.25) is 5.91 Å². The number of fused-ring (bicyclic) bond motifs is 2. The lowest BCUT2D eigenvalue weighted by molar-refractivity contribution is -0.384. The molecule has 0 bridgehead atoms. The minimum atomic E-state index is -0.475. The lowest BCUT2D eigenvalue weighted by atomic mass is 9.97. The molecule has 2 aliphatic rings. The topological polar surface area (TPSA) is 131 Å². The van der Waals surface area contributed by atoms with Gasteiger partial charge in [0.05, 0.1) is 16.2 Å². The molecular weight excluding hydrogens is 458 g/mol. The van der Waals surface area contributed by atoms with Gasteiger partial charge < -0.3 is 21.3 Å². The summed E-state index contributed by atoms with van der Waals surface area (Å²) >= 11 is 0. The predicted octanol–water partition coefficient (Wildman–Crippen LogP) is 3.89. The Kier molecular flexibility index (Phi) is 5.99. The van der Waals surface area contributed by atoms with Gasteiger partial charge in [-0.05, 0) is 46.9 Å². The Morgan fingerprint density at radius 1 is 1.11 bits per heavy atom. The Morgan fingerprint density at radius 2 is 1.89 bits per heavy atom. The zero-order valence-corrected chi connectivity index (χ0v) is 19.7. The Bertz CT molecular complexity index is 1430. The third-order valence-corrected chi connectivity index (χ3v) is 6.62. The molecular formula is C27H25N5O4. The van der Waals surface area contributed by atoms with Gasteiger partial charge in [-0.1, -0.05) is 30.3 Å². The van der Waals surface area contributed by atoms with Crippen LogP contribution in [0.5, 0.6) is 0 Å². The monoisotopic (exact) mass is 483 g/mol. The van der Waals surface area contributed by atoms with Gasteiger partial charge in [-0.15, -0.1) is 0 Å². The van der Waals surface area contributed by atoms with Crippen LogP contribution in [0.1, 0.15) is 34.7 Å². The molecule has 0 saturated heterocycles. The average molecular weight is 484 g/mol.